The number of thioether (sulfide) groups is 1. The third kappa shape index (κ3) is 3.31. The van der Waals surface area contributed by atoms with Crippen LogP contribution in [-0.2, 0) is 11.3 Å². The highest BCUT2D eigenvalue weighted by molar-refractivity contribution is 7.99. The molecular weight excluding hydrogens is 258 g/mol. The summed E-state index contributed by atoms with van der Waals surface area (Å²) in [5, 5.41) is 11.4. The number of thiazole rings is 1. The van der Waals surface area contributed by atoms with Gasteiger partial charge in [-0.3, -0.25) is 4.79 Å². The zero-order valence-corrected chi connectivity index (χ0v) is 10.8. The van der Waals surface area contributed by atoms with Gasteiger partial charge in [-0.05, 0) is 6.92 Å². The molecule has 0 bridgehead atoms. The minimum Gasteiger partial charge on any atom is -0.481 e. The highest BCUT2D eigenvalue weighted by Crippen LogP contribution is 2.18. The van der Waals surface area contributed by atoms with Gasteiger partial charge < -0.3 is 9.67 Å². The van der Waals surface area contributed by atoms with Crippen molar-refractivity contribution in [1.29, 1.82) is 0 Å². The van der Waals surface area contributed by atoms with E-state index in [2.05, 4.69) is 9.97 Å². The highest BCUT2D eigenvalue weighted by atomic mass is 32.2. The van der Waals surface area contributed by atoms with Crippen LogP contribution in [0.4, 0.5) is 0 Å². The second kappa shape index (κ2) is 5.33. The third-order valence-corrected chi connectivity index (χ3v) is 3.61. The minimum absolute atomic E-state index is 0.0213. The lowest BCUT2D eigenvalue weighted by Gasteiger charge is -2.03. The van der Waals surface area contributed by atoms with Crippen LogP contribution in [0.25, 0.3) is 0 Å². The Bertz CT molecular complexity index is 508. The van der Waals surface area contributed by atoms with Crippen molar-refractivity contribution in [3.63, 3.8) is 0 Å². The predicted molar refractivity (Wildman–Crippen MR) is 66.5 cm³/mol. The Morgan fingerprint density at radius 3 is 3.12 bits per heavy atom. The molecule has 5 nitrogen and oxygen atoms in total. The highest BCUT2D eigenvalue weighted by Gasteiger charge is 2.09. The molecule has 1 N–H and O–H groups in total. The summed E-state index contributed by atoms with van der Waals surface area (Å²) < 4.78 is 1.93. The summed E-state index contributed by atoms with van der Waals surface area (Å²) >= 11 is 2.77. The zero-order valence-electron chi connectivity index (χ0n) is 9.16. The maximum Gasteiger partial charge on any atom is 0.313 e. The Labute approximate surface area is 107 Å². The lowest BCUT2D eigenvalue weighted by atomic mass is 10.5. The number of rotatable bonds is 5. The summed E-state index contributed by atoms with van der Waals surface area (Å²) in [6.45, 7) is 2.52. The van der Waals surface area contributed by atoms with Gasteiger partial charge in [-0.15, -0.1) is 11.3 Å². The SMILES string of the molecule is Cc1cn(Cc2cscn2)c(SCC(=O)O)n1. The molecule has 0 atom stereocenters. The lowest BCUT2D eigenvalue weighted by Crippen LogP contribution is -2.03. The molecule has 0 unspecified atom stereocenters. The Morgan fingerprint density at radius 1 is 1.65 bits per heavy atom. The van der Waals surface area contributed by atoms with Gasteiger partial charge >= 0.3 is 5.97 Å². The molecule has 2 aromatic heterocycles. The first-order chi connectivity index (χ1) is 8.15. The van der Waals surface area contributed by atoms with Gasteiger partial charge in [0.15, 0.2) is 5.16 Å². The fourth-order valence-electron chi connectivity index (χ4n) is 1.37. The number of carboxylic acid groups (broad SMARTS) is 1. The van der Waals surface area contributed by atoms with E-state index in [9.17, 15) is 4.79 Å². The molecule has 2 rings (SSSR count). The fraction of sp³-hybridized carbons (Fsp3) is 0.300. The van der Waals surface area contributed by atoms with E-state index >= 15 is 0 Å². The Balaban J connectivity index is 2.12. The molecule has 0 fully saturated rings. The van der Waals surface area contributed by atoms with E-state index in [0.717, 1.165) is 16.5 Å². The van der Waals surface area contributed by atoms with Crippen LogP contribution in [0.15, 0.2) is 22.2 Å². The van der Waals surface area contributed by atoms with Crippen molar-refractivity contribution in [2.24, 2.45) is 0 Å². The molecule has 2 aromatic rings. The van der Waals surface area contributed by atoms with E-state index in [4.69, 9.17) is 5.11 Å². The molecule has 90 valence electrons. The lowest BCUT2D eigenvalue weighted by molar-refractivity contribution is -0.133. The van der Waals surface area contributed by atoms with E-state index in [0.29, 0.717) is 6.54 Å². The molecular formula is C10H11N3O2S2. The van der Waals surface area contributed by atoms with Crippen LogP contribution >= 0.6 is 23.1 Å². The zero-order chi connectivity index (χ0) is 12.3. The van der Waals surface area contributed by atoms with Crippen LogP contribution in [0.3, 0.4) is 0 Å². The van der Waals surface area contributed by atoms with Crippen LogP contribution in [0.5, 0.6) is 0 Å². The van der Waals surface area contributed by atoms with Gasteiger partial charge in [0.1, 0.15) is 0 Å². The Morgan fingerprint density at radius 2 is 2.47 bits per heavy atom. The molecule has 0 aliphatic heterocycles. The van der Waals surface area contributed by atoms with E-state index in [1.807, 2.05) is 23.1 Å². The monoisotopic (exact) mass is 269 g/mol. The standard InChI is InChI=1S/C10H11N3O2S2/c1-7-2-13(3-8-4-16-6-11-8)10(12-7)17-5-9(14)15/h2,4,6H,3,5H2,1H3,(H,14,15). The van der Waals surface area contributed by atoms with Crippen molar-refractivity contribution in [2.75, 3.05) is 5.75 Å². The second-order valence-electron chi connectivity index (χ2n) is 3.45. The number of imidazole rings is 1. The fourth-order valence-corrected chi connectivity index (χ4v) is 2.66. The summed E-state index contributed by atoms with van der Waals surface area (Å²) in [5.74, 6) is -0.816. The van der Waals surface area contributed by atoms with Crippen molar-refractivity contribution in [1.82, 2.24) is 14.5 Å². The van der Waals surface area contributed by atoms with Crippen molar-refractivity contribution >= 4 is 29.1 Å². The largest absolute Gasteiger partial charge is 0.481 e. The minimum atomic E-state index is -0.837. The molecule has 0 radical (unpaired) electrons. The summed E-state index contributed by atoms with van der Waals surface area (Å²) in [6, 6.07) is 0. The normalized spacial score (nSPS) is 10.6. The topological polar surface area (TPSA) is 68.0 Å². The summed E-state index contributed by atoms with van der Waals surface area (Å²) in [5.41, 5.74) is 3.63. The maximum atomic E-state index is 10.5. The Kier molecular flexibility index (Phi) is 3.80. The number of aliphatic carboxylic acids is 1. The van der Waals surface area contributed by atoms with Gasteiger partial charge in [-0.2, -0.15) is 0 Å². The van der Waals surface area contributed by atoms with E-state index < -0.39 is 5.97 Å². The van der Waals surface area contributed by atoms with Crippen LogP contribution in [0.1, 0.15) is 11.4 Å². The first-order valence-electron chi connectivity index (χ1n) is 4.90. The number of aromatic nitrogens is 3. The molecule has 0 aliphatic carbocycles. The van der Waals surface area contributed by atoms with Crippen molar-refractivity contribution in [2.45, 2.75) is 18.6 Å². The smallest absolute Gasteiger partial charge is 0.313 e. The summed E-state index contributed by atoms with van der Waals surface area (Å²) in [6.07, 6.45) is 1.91. The molecule has 0 aromatic carbocycles. The van der Waals surface area contributed by atoms with Gasteiger partial charge in [-0.1, -0.05) is 11.8 Å². The number of carbonyl (C=O) groups is 1. The Hall–Kier alpha value is -1.34. The average Bonchev–Trinajstić information content (AvgIpc) is 2.86. The van der Waals surface area contributed by atoms with Gasteiger partial charge in [0.05, 0.1) is 29.2 Å². The molecule has 7 heteroatoms. The number of aryl methyl sites for hydroxylation is 1. The van der Waals surface area contributed by atoms with Gasteiger partial charge in [-0.25, -0.2) is 9.97 Å². The molecule has 17 heavy (non-hydrogen) atoms. The average molecular weight is 269 g/mol. The van der Waals surface area contributed by atoms with Crippen molar-refractivity contribution in [3.05, 3.63) is 28.5 Å². The van der Waals surface area contributed by atoms with Crippen molar-refractivity contribution < 1.29 is 9.90 Å². The first kappa shape index (κ1) is 12.1. The van der Waals surface area contributed by atoms with Gasteiger partial charge in [0, 0.05) is 11.6 Å². The molecule has 2 heterocycles. The number of nitrogens with zero attached hydrogens (tertiary/aromatic N) is 3. The third-order valence-electron chi connectivity index (χ3n) is 2.00. The van der Waals surface area contributed by atoms with Crippen LogP contribution in [0, 0.1) is 6.92 Å². The molecule has 0 saturated carbocycles. The molecule has 0 saturated heterocycles. The van der Waals surface area contributed by atoms with Crippen molar-refractivity contribution in [3.8, 4) is 0 Å². The molecule has 0 aliphatic rings. The van der Waals surface area contributed by atoms with E-state index in [-0.39, 0.29) is 5.75 Å². The first-order valence-corrected chi connectivity index (χ1v) is 6.83. The van der Waals surface area contributed by atoms with Crippen LogP contribution in [-0.4, -0.2) is 31.4 Å². The van der Waals surface area contributed by atoms with Gasteiger partial charge in [0.2, 0.25) is 0 Å². The van der Waals surface area contributed by atoms with Gasteiger partial charge in [0.25, 0.3) is 0 Å². The summed E-state index contributed by atoms with van der Waals surface area (Å²) in [7, 11) is 0. The molecule has 0 amide bonds. The van der Waals surface area contributed by atoms with E-state index in [1.54, 1.807) is 16.8 Å². The number of hydrogen-bond acceptors (Lipinski definition) is 5. The van der Waals surface area contributed by atoms with Crippen LogP contribution in [0.2, 0.25) is 0 Å². The number of carboxylic acids is 1. The quantitative estimate of drug-likeness (QED) is 0.839. The second-order valence-corrected chi connectivity index (χ2v) is 5.12. The van der Waals surface area contributed by atoms with E-state index in [1.165, 1.54) is 11.8 Å². The summed E-state index contributed by atoms with van der Waals surface area (Å²) in [4.78, 5) is 19.0. The molecule has 0 spiro atoms. The predicted octanol–water partition coefficient (Wildman–Crippen LogP) is 1.87. The maximum absolute atomic E-state index is 10.5. The van der Waals surface area contributed by atoms with Crippen LogP contribution < -0.4 is 0 Å². The number of hydrogen-bond donors (Lipinski definition) is 1.